The van der Waals surface area contributed by atoms with Gasteiger partial charge in [0.05, 0.1) is 23.3 Å². The summed E-state index contributed by atoms with van der Waals surface area (Å²) < 4.78 is 30.1. The Bertz CT molecular complexity index is 1660. The van der Waals surface area contributed by atoms with Gasteiger partial charge < -0.3 is 9.84 Å². The number of aromatic carboxylic acids is 1. The van der Waals surface area contributed by atoms with E-state index in [1.165, 1.54) is 22.9 Å². The molecule has 1 heterocycles. The van der Waals surface area contributed by atoms with Gasteiger partial charge in [-0.05, 0) is 52.7 Å². The molecule has 0 spiro atoms. The molecule has 39 heavy (non-hydrogen) atoms. The van der Waals surface area contributed by atoms with Crippen LogP contribution in [0.1, 0.15) is 35.5 Å². The topological polar surface area (TPSA) is 106 Å². The highest BCUT2D eigenvalue weighted by atomic mass is 32.2. The number of ether oxygens (including phenoxy) is 1. The summed E-state index contributed by atoms with van der Waals surface area (Å²) in [4.78, 5) is 15.3. The van der Waals surface area contributed by atoms with Crippen LogP contribution in [0.2, 0.25) is 0 Å². The molecule has 0 amide bonds. The van der Waals surface area contributed by atoms with Crippen molar-refractivity contribution < 1.29 is 23.1 Å². The Morgan fingerprint density at radius 1 is 0.846 bits per heavy atom. The molecule has 0 atom stereocenters. The molecule has 7 nitrogen and oxygen atoms in total. The van der Waals surface area contributed by atoms with Crippen LogP contribution in [-0.2, 0) is 22.5 Å². The summed E-state index contributed by atoms with van der Waals surface area (Å²) in [5, 5.41) is 12.3. The van der Waals surface area contributed by atoms with Gasteiger partial charge in [0.1, 0.15) is 12.4 Å². The number of hydrogen-bond acceptors (Lipinski definition) is 6. The second kappa shape index (κ2) is 12.3. The number of pyridine rings is 1. The predicted octanol–water partition coefficient (Wildman–Crippen LogP) is 6.69. The van der Waals surface area contributed by atoms with Crippen molar-refractivity contribution in [3.05, 3.63) is 120 Å². The second-order valence-electron chi connectivity index (χ2n) is 9.56. The normalized spacial score (nSPS) is 10.9. The van der Waals surface area contributed by atoms with Gasteiger partial charge in [0.2, 0.25) is 0 Å². The molecule has 0 aliphatic rings. The molecule has 1 aromatic heterocycles. The van der Waals surface area contributed by atoms with Crippen molar-refractivity contribution in [2.75, 3.05) is 6.54 Å². The van der Waals surface area contributed by atoms with E-state index in [1.807, 2.05) is 56.3 Å². The van der Waals surface area contributed by atoms with Crippen molar-refractivity contribution in [1.29, 1.82) is 0 Å². The first-order valence-electron chi connectivity index (χ1n) is 12.3. The molecule has 0 unspecified atom stereocenters. The monoisotopic (exact) mass is 540 g/mol. The lowest BCUT2D eigenvalue weighted by molar-refractivity contribution is 0.0697. The zero-order valence-corrected chi connectivity index (χ0v) is 22.4. The lowest BCUT2D eigenvalue weighted by Crippen LogP contribution is -2.21. The van der Waals surface area contributed by atoms with Crippen molar-refractivity contribution in [2.45, 2.75) is 25.9 Å². The number of rotatable bonds is 7. The van der Waals surface area contributed by atoms with Crippen molar-refractivity contribution >= 4 is 38.1 Å². The van der Waals surface area contributed by atoms with Crippen LogP contribution in [0, 0.1) is 0 Å². The average molecular weight is 541 g/mol. The van der Waals surface area contributed by atoms with Crippen molar-refractivity contribution in [2.24, 2.45) is 4.36 Å². The number of fused-ring (bicyclic) bond motifs is 2. The van der Waals surface area contributed by atoms with E-state index in [0.29, 0.717) is 6.61 Å². The first-order valence-corrected chi connectivity index (χ1v) is 13.3. The van der Waals surface area contributed by atoms with E-state index in [1.54, 1.807) is 12.1 Å². The highest BCUT2D eigenvalue weighted by Gasteiger charge is 2.20. The molecule has 0 fully saturated rings. The maximum Gasteiger partial charge on any atom is 0.335 e. The van der Waals surface area contributed by atoms with Crippen LogP contribution >= 0.6 is 0 Å². The van der Waals surface area contributed by atoms with Gasteiger partial charge in [-0.2, -0.15) is 12.8 Å². The molecule has 5 aromatic rings. The van der Waals surface area contributed by atoms with E-state index in [-0.39, 0.29) is 12.1 Å². The summed E-state index contributed by atoms with van der Waals surface area (Å²) in [5.74, 6) is -0.117. The lowest BCUT2D eigenvalue weighted by Gasteiger charge is -2.22. The zero-order chi connectivity index (χ0) is 27.8. The highest BCUT2D eigenvalue weighted by molar-refractivity contribution is 7.61. The van der Waals surface area contributed by atoms with Gasteiger partial charge in [-0.3, -0.25) is 0 Å². The Labute approximate surface area is 228 Å². The van der Waals surface area contributed by atoms with Crippen LogP contribution in [-0.4, -0.2) is 31.0 Å². The molecule has 0 aliphatic carbocycles. The van der Waals surface area contributed by atoms with Gasteiger partial charge in [0.25, 0.3) is 0 Å². The molecule has 5 rings (SSSR count). The van der Waals surface area contributed by atoms with Crippen LogP contribution in [0.5, 0.6) is 5.75 Å². The highest BCUT2D eigenvalue weighted by Crippen LogP contribution is 2.24. The Hall–Kier alpha value is -4.56. The number of benzene rings is 4. The average Bonchev–Trinajstić information content (AvgIpc) is 2.95. The Kier molecular flexibility index (Phi) is 8.68. The maximum atomic E-state index is 10.7. The van der Waals surface area contributed by atoms with E-state index < -0.39 is 21.9 Å². The number of carboxylic acids is 1. The van der Waals surface area contributed by atoms with Gasteiger partial charge in [-0.15, -0.1) is 0 Å². The van der Waals surface area contributed by atoms with E-state index in [0.717, 1.165) is 27.9 Å². The molecular weight excluding hydrogens is 512 g/mol. The number of aromatic nitrogens is 1. The molecule has 1 N–H and O–H groups in total. The smallest absolute Gasteiger partial charge is 0.335 e. The molecule has 0 aliphatic heterocycles. The van der Waals surface area contributed by atoms with E-state index >= 15 is 0 Å². The molecule has 0 bridgehead atoms. The number of hydrogen-bond donors (Lipinski definition) is 1. The minimum Gasteiger partial charge on any atom is -0.487 e. The van der Waals surface area contributed by atoms with E-state index in [9.17, 15) is 13.2 Å². The summed E-state index contributed by atoms with van der Waals surface area (Å²) >= 11 is 0. The summed E-state index contributed by atoms with van der Waals surface area (Å²) in [5.41, 5.74) is 2.54. The molecule has 198 valence electrons. The first kappa shape index (κ1) is 27.5. The predicted molar refractivity (Wildman–Crippen MR) is 153 cm³/mol. The minimum absolute atomic E-state index is 0.134. The summed E-state index contributed by atoms with van der Waals surface area (Å²) in [6, 6.07) is 33.0. The molecule has 8 heteroatoms. The van der Waals surface area contributed by atoms with Crippen LogP contribution in [0.4, 0.5) is 0 Å². The Morgan fingerprint density at radius 2 is 1.49 bits per heavy atom. The van der Waals surface area contributed by atoms with Crippen molar-refractivity contribution in [3.63, 3.8) is 0 Å². The van der Waals surface area contributed by atoms with Crippen LogP contribution in [0.25, 0.3) is 21.7 Å². The fourth-order valence-electron chi connectivity index (χ4n) is 3.97. The third-order valence-corrected chi connectivity index (χ3v) is 6.58. The van der Waals surface area contributed by atoms with Gasteiger partial charge in [0, 0.05) is 10.8 Å². The minimum atomic E-state index is -2.42. The SMILES string of the molecule is CC(C)(CN=S(=O)=O)c1ccc(C(=O)O)cc1.c1ccc2cc(OCc3ccc4ccccc4n3)ccc2c1. The third-order valence-electron chi connectivity index (χ3n) is 6.24. The van der Waals surface area contributed by atoms with E-state index in [2.05, 4.69) is 45.7 Å². The molecule has 0 radical (unpaired) electrons. The fraction of sp³-hybridized carbons (Fsp3) is 0.161. The summed E-state index contributed by atoms with van der Waals surface area (Å²) in [7, 11) is -2.42. The van der Waals surface area contributed by atoms with Gasteiger partial charge in [0.15, 0.2) is 0 Å². The standard InChI is InChI=1S/C20H15NO.C11H13NO4S/c1-2-7-17-13-19(12-10-15(17)5-1)22-14-18-11-9-16-6-3-4-8-20(16)21-18;1-11(2,7-12-17(15)16)9-5-3-8(4-6-9)10(13)14/h1-13H,14H2;3-6H,7H2,1-2H3,(H,13,14). The molecular formula is C31H28N2O5S. The number of nitrogens with zero attached hydrogens (tertiary/aromatic N) is 2. The van der Waals surface area contributed by atoms with Crippen LogP contribution in [0.15, 0.2) is 107 Å². The van der Waals surface area contributed by atoms with Crippen LogP contribution in [0.3, 0.4) is 0 Å². The molecule has 0 saturated carbocycles. The Morgan fingerprint density at radius 3 is 2.18 bits per heavy atom. The number of para-hydroxylation sites is 1. The number of carboxylic acid groups (broad SMARTS) is 1. The summed E-state index contributed by atoms with van der Waals surface area (Å²) in [6.07, 6.45) is 0. The first-order chi connectivity index (χ1) is 18.7. The zero-order valence-electron chi connectivity index (χ0n) is 21.6. The largest absolute Gasteiger partial charge is 0.487 e. The Balaban J connectivity index is 0.000000188. The lowest BCUT2D eigenvalue weighted by atomic mass is 9.84. The quantitative estimate of drug-likeness (QED) is 0.246. The van der Waals surface area contributed by atoms with Crippen molar-refractivity contribution in [1.82, 2.24) is 4.98 Å². The van der Waals surface area contributed by atoms with Gasteiger partial charge >= 0.3 is 16.5 Å². The van der Waals surface area contributed by atoms with Crippen LogP contribution < -0.4 is 4.74 Å². The maximum absolute atomic E-state index is 10.7. The fourth-order valence-corrected chi connectivity index (χ4v) is 4.40. The van der Waals surface area contributed by atoms with Gasteiger partial charge in [-0.1, -0.05) is 80.6 Å². The molecule has 4 aromatic carbocycles. The van der Waals surface area contributed by atoms with E-state index in [4.69, 9.17) is 9.84 Å². The number of carbonyl (C=O) groups is 1. The second-order valence-corrected chi connectivity index (χ2v) is 10.3. The van der Waals surface area contributed by atoms with Crippen molar-refractivity contribution in [3.8, 4) is 5.75 Å². The summed E-state index contributed by atoms with van der Waals surface area (Å²) in [6.45, 7) is 4.30. The molecule has 0 saturated heterocycles. The van der Waals surface area contributed by atoms with Gasteiger partial charge in [-0.25, -0.2) is 9.78 Å². The third kappa shape index (κ3) is 7.49.